The second-order valence-electron chi connectivity index (χ2n) is 4.85. The van der Waals surface area contributed by atoms with Gasteiger partial charge in [-0.1, -0.05) is 39.7 Å². The van der Waals surface area contributed by atoms with Crippen LogP contribution in [-0.2, 0) is 11.4 Å². The molecule has 0 unspecified atom stereocenters. The van der Waals surface area contributed by atoms with Crippen molar-refractivity contribution in [2.75, 3.05) is 6.61 Å². The van der Waals surface area contributed by atoms with Crippen LogP contribution in [0.2, 0.25) is 5.02 Å². The molecule has 2 aromatic carbocycles. The van der Waals surface area contributed by atoms with Gasteiger partial charge in [0.15, 0.2) is 11.5 Å². The van der Waals surface area contributed by atoms with Gasteiger partial charge in [-0.2, -0.15) is 0 Å². The fourth-order valence-electron chi connectivity index (χ4n) is 1.99. The molecule has 0 aliphatic carbocycles. The summed E-state index contributed by atoms with van der Waals surface area (Å²) in [7, 11) is 0. The lowest BCUT2D eigenvalue weighted by molar-refractivity contribution is -0.131. The molecule has 0 fully saturated rings. The smallest absolute Gasteiger partial charge is 0.328 e. The van der Waals surface area contributed by atoms with E-state index < -0.39 is 5.97 Å². The lowest BCUT2D eigenvalue weighted by Crippen LogP contribution is -2.01. The molecule has 1 N–H and O–H groups in total. The number of aliphatic carboxylic acids is 1. The summed E-state index contributed by atoms with van der Waals surface area (Å²) in [5.74, 6) is -0.110. The quantitative estimate of drug-likeness (QED) is 0.638. The van der Waals surface area contributed by atoms with Crippen LogP contribution < -0.4 is 9.47 Å². The molecule has 0 amide bonds. The summed E-state index contributed by atoms with van der Waals surface area (Å²) in [6.07, 6.45) is 2.50. The van der Waals surface area contributed by atoms with Crippen LogP contribution in [0, 0.1) is 0 Å². The highest BCUT2D eigenvalue weighted by molar-refractivity contribution is 9.10. The molecule has 126 valence electrons. The van der Waals surface area contributed by atoms with E-state index in [2.05, 4.69) is 15.9 Å². The van der Waals surface area contributed by atoms with E-state index in [0.29, 0.717) is 35.3 Å². The lowest BCUT2D eigenvalue weighted by atomic mass is 10.2. The number of carbonyl (C=O) groups is 1. The molecule has 6 heteroatoms. The molecule has 0 bridgehead atoms. The van der Waals surface area contributed by atoms with E-state index in [1.165, 1.54) is 6.08 Å². The minimum absolute atomic E-state index is 0.345. The molecule has 0 saturated heterocycles. The normalized spacial score (nSPS) is 10.8. The Morgan fingerprint density at radius 3 is 2.58 bits per heavy atom. The topological polar surface area (TPSA) is 55.8 Å². The Balaban J connectivity index is 2.23. The van der Waals surface area contributed by atoms with Crippen molar-refractivity contribution in [3.8, 4) is 11.5 Å². The van der Waals surface area contributed by atoms with Crippen LogP contribution in [0.1, 0.15) is 18.1 Å². The predicted octanol–water partition coefficient (Wildman–Crippen LogP) is 5.18. The molecule has 4 nitrogen and oxygen atoms in total. The van der Waals surface area contributed by atoms with E-state index in [1.54, 1.807) is 12.1 Å². The standard InChI is InChI=1S/C18H16BrClO4/c1-2-23-16-10-13(5-8-17(21)22)9-15(20)18(16)24-11-12-3-6-14(19)7-4-12/h3-10H,2,11H2,1H3,(H,21,22). The first-order valence-electron chi connectivity index (χ1n) is 7.24. The number of hydrogen-bond donors (Lipinski definition) is 1. The highest BCUT2D eigenvalue weighted by Crippen LogP contribution is 2.37. The van der Waals surface area contributed by atoms with Crippen molar-refractivity contribution >= 4 is 39.6 Å². The molecule has 0 aromatic heterocycles. The first-order chi connectivity index (χ1) is 11.5. The number of ether oxygens (including phenoxy) is 2. The summed E-state index contributed by atoms with van der Waals surface area (Å²) in [6.45, 7) is 2.64. The van der Waals surface area contributed by atoms with Crippen LogP contribution in [0.3, 0.4) is 0 Å². The zero-order chi connectivity index (χ0) is 17.5. The maximum Gasteiger partial charge on any atom is 0.328 e. The summed E-state index contributed by atoms with van der Waals surface area (Å²) >= 11 is 9.67. The van der Waals surface area contributed by atoms with Gasteiger partial charge in [-0.3, -0.25) is 0 Å². The molecule has 0 aliphatic heterocycles. The third-order valence-electron chi connectivity index (χ3n) is 3.05. The van der Waals surface area contributed by atoms with Gasteiger partial charge in [0.1, 0.15) is 6.61 Å². The average Bonchev–Trinajstić information content (AvgIpc) is 2.54. The van der Waals surface area contributed by atoms with Gasteiger partial charge in [-0.25, -0.2) is 4.79 Å². The first-order valence-corrected chi connectivity index (χ1v) is 8.41. The summed E-state index contributed by atoms with van der Waals surface area (Å²) in [4.78, 5) is 10.6. The number of carboxylic acid groups (broad SMARTS) is 1. The molecule has 2 aromatic rings. The maximum atomic E-state index is 10.6. The average molecular weight is 412 g/mol. The van der Waals surface area contributed by atoms with Crippen LogP contribution in [0.5, 0.6) is 11.5 Å². The van der Waals surface area contributed by atoms with Gasteiger partial charge in [0.2, 0.25) is 0 Å². The number of rotatable bonds is 7. The lowest BCUT2D eigenvalue weighted by Gasteiger charge is -2.14. The molecule has 0 spiro atoms. The molecule has 0 saturated carbocycles. The number of benzene rings is 2. The van der Waals surface area contributed by atoms with Crippen molar-refractivity contribution in [3.05, 3.63) is 63.1 Å². The third kappa shape index (κ3) is 5.28. The zero-order valence-corrected chi connectivity index (χ0v) is 15.3. The van der Waals surface area contributed by atoms with E-state index in [0.717, 1.165) is 16.1 Å². The van der Waals surface area contributed by atoms with Crippen molar-refractivity contribution in [1.82, 2.24) is 0 Å². The van der Waals surface area contributed by atoms with Gasteiger partial charge in [0.25, 0.3) is 0 Å². The number of hydrogen-bond acceptors (Lipinski definition) is 3. The monoisotopic (exact) mass is 410 g/mol. The largest absolute Gasteiger partial charge is 0.490 e. The highest BCUT2D eigenvalue weighted by atomic mass is 79.9. The molecule has 0 heterocycles. The molecular formula is C18H16BrClO4. The molecular weight excluding hydrogens is 396 g/mol. The Morgan fingerprint density at radius 1 is 1.25 bits per heavy atom. The molecule has 0 radical (unpaired) electrons. The van der Waals surface area contributed by atoms with Crippen molar-refractivity contribution < 1.29 is 19.4 Å². The minimum Gasteiger partial charge on any atom is -0.490 e. The van der Waals surface area contributed by atoms with Gasteiger partial charge in [-0.15, -0.1) is 0 Å². The van der Waals surface area contributed by atoms with Crippen molar-refractivity contribution in [1.29, 1.82) is 0 Å². The zero-order valence-electron chi connectivity index (χ0n) is 13.0. The van der Waals surface area contributed by atoms with Crippen LogP contribution in [-0.4, -0.2) is 17.7 Å². The molecule has 0 aliphatic rings. The Morgan fingerprint density at radius 2 is 1.96 bits per heavy atom. The number of carboxylic acids is 1. The summed E-state index contributed by atoms with van der Waals surface area (Å²) in [5.41, 5.74) is 1.62. The SMILES string of the molecule is CCOc1cc(C=CC(=O)O)cc(Cl)c1OCc1ccc(Br)cc1. The fourth-order valence-corrected chi connectivity index (χ4v) is 2.53. The maximum absolute atomic E-state index is 10.6. The van der Waals surface area contributed by atoms with E-state index >= 15 is 0 Å². The van der Waals surface area contributed by atoms with Crippen molar-refractivity contribution in [2.24, 2.45) is 0 Å². The van der Waals surface area contributed by atoms with E-state index in [9.17, 15) is 4.79 Å². The van der Waals surface area contributed by atoms with Crippen LogP contribution in [0.15, 0.2) is 46.9 Å². The highest BCUT2D eigenvalue weighted by Gasteiger charge is 2.12. The fraction of sp³-hybridized carbons (Fsp3) is 0.167. The molecule has 0 atom stereocenters. The van der Waals surface area contributed by atoms with Crippen molar-refractivity contribution in [2.45, 2.75) is 13.5 Å². The summed E-state index contributed by atoms with van der Waals surface area (Å²) in [6, 6.07) is 11.1. The Labute approximate surface area is 153 Å². The summed E-state index contributed by atoms with van der Waals surface area (Å²) < 4.78 is 12.4. The third-order valence-corrected chi connectivity index (χ3v) is 3.86. The van der Waals surface area contributed by atoms with E-state index in [4.69, 9.17) is 26.2 Å². The molecule has 24 heavy (non-hydrogen) atoms. The Kier molecular flexibility index (Phi) is 6.70. The Bertz CT molecular complexity index is 741. The minimum atomic E-state index is -1.03. The van der Waals surface area contributed by atoms with Gasteiger partial charge in [-0.05, 0) is 48.4 Å². The summed E-state index contributed by atoms with van der Waals surface area (Å²) in [5, 5.41) is 9.09. The second-order valence-corrected chi connectivity index (χ2v) is 6.17. The van der Waals surface area contributed by atoms with Gasteiger partial charge >= 0.3 is 5.97 Å². The van der Waals surface area contributed by atoms with Gasteiger partial charge < -0.3 is 14.6 Å². The van der Waals surface area contributed by atoms with Crippen molar-refractivity contribution in [3.63, 3.8) is 0 Å². The number of halogens is 2. The van der Waals surface area contributed by atoms with Crippen LogP contribution in [0.25, 0.3) is 6.08 Å². The molecule has 2 rings (SSSR count). The first kappa shape index (κ1) is 18.4. The van der Waals surface area contributed by atoms with Gasteiger partial charge in [0, 0.05) is 10.5 Å². The van der Waals surface area contributed by atoms with E-state index in [-0.39, 0.29) is 0 Å². The Hall–Kier alpha value is -1.98. The second kappa shape index (κ2) is 8.76. The van der Waals surface area contributed by atoms with E-state index in [1.807, 2.05) is 31.2 Å². The van der Waals surface area contributed by atoms with Crippen LogP contribution in [0.4, 0.5) is 0 Å². The van der Waals surface area contributed by atoms with Gasteiger partial charge in [0.05, 0.1) is 11.6 Å². The van der Waals surface area contributed by atoms with Crippen LogP contribution >= 0.6 is 27.5 Å². The predicted molar refractivity (Wildman–Crippen MR) is 97.8 cm³/mol.